The molecule has 1 fully saturated rings. The predicted molar refractivity (Wildman–Crippen MR) is 121 cm³/mol. The second-order valence-corrected chi connectivity index (χ2v) is 8.06. The van der Waals surface area contributed by atoms with Crippen LogP contribution in [0.25, 0.3) is 0 Å². The number of carbonyl (C=O) groups is 2. The summed E-state index contributed by atoms with van der Waals surface area (Å²) in [5, 5.41) is 0. The maximum Gasteiger partial charge on any atom is 0.255 e. The minimum absolute atomic E-state index is 0.0271. The Kier molecular flexibility index (Phi) is 5.17. The zero-order valence-electron chi connectivity index (χ0n) is 17.8. The van der Waals surface area contributed by atoms with E-state index in [1.54, 1.807) is 9.80 Å². The smallest absolute Gasteiger partial charge is 0.255 e. The van der Waals surface area contributed by atoms with Crippen molar-refractivity contribution in [3.8, 4) is 0 Å². The lowest BCUT2D eigenvalue weighted by Gasteiger charge is -2.41. The molecule has 0 spiro atoms. The SMILES string of the molecule is Cc1ccc(C2C(=O)N(c3cccc(C)c3C)CC(=O)N2c2ccc(C)cc2)cc1. The van der Waals surface area contributed by atoms with Crippen molar-refractivity contribution in [3.63, 3.8) is 0 Å². The minimum Gasteiger partial charge on any atom is -0.301 e. The molecule has 2 amide bonds. The normalized spacial score (nSPS) is 16.9. The van der Waals surface area contributed by atoms with E-state index in [9.17, 15) is 9.59 Å². The quantitative estimate of drug-likeness (QED) is 0.620. The predicted octanol–water partition coefficient (Wildman–Crippen LogP) is 5.04. The van der Waals surface area contributed by atoms with Crippen molar-refractivity contribution in [2.45, 2.75) is 33.7 Å². The van der Waals surface area contributed by atoms with Crippen LogP contribution < -0.4 is 9.80 Å². The van der Waals surface area contributed by atoms with Crippen molar-refractivity contribution >= 4 is 23.2 Å². The summed E-state index contributed by atoms with van der Waals surface area (Å²) in [6, 6.07) is 20.8. The van der Waals surface area contributed by atoms with Crippen molar-refractivity contribution in [1.29, 1.82) is 0 Å². The first-order chi connectivity index (χ1) is 14.4. The lowest BCUT2D eigenvalue weighted by atomic mass is 9.97. The molecule has 30 heavy (non-hydrogen) atoms. The number of nitrogens with zero attached hydrogens (tertiary/aromatic N) is 2. The molecule has 1 heterocycles. The van der Waals surface area contributed by atoms with Crippen molar-refractivity contribution in [3.05, 3.63) is 94.5 Å². The first kappa shape index (κ1) is 19.9. The first-order valence-electron chi connectivity index (χ1n) is 10.2. The van der Waals surface area contributed by atoms with Crippen LogP contribution in [0.3, 0.4) is 0 Å². The van der Waals surface area contributed by atoms with Gasteiger partial charge in [0.25, 0.3) is 5.91 Å². The third kappa shape index (κ3) is 3.50. The monoisotopic (exact) mass is 398 g/mol. The van der Waals surface area contributed by atoms with Crippen molar-refractivity contribution in [1.82, 2.24) is 0 Å². The molecule has 1 saturated heterocycles. The molecule has 4 rings (SSSR count). The van der Waals surface area contributed by atoms with E-state index in [4.69, 9.17) is 0 Å². The highest BCUT2D eigenvalue weighted by Gasteiger charge is 2.42. The highest BCUT2D eigenvalue weighted by atomic mass is 16.2. The molecule has 1 unspecified atom stereocenters. The van der Waals surface area contributed by atoms with E-state index in [-0.39, 0.29) is 18.4 Å². The standard InChI is InChI=1S/C26H26N2O2/c1-17-8-12-21(13-9-17)25-26(30)27(23-7-5-6-19(3)20(23)4)16-24(29)28(25)22-14-10-18(2)11-15-22/h5-15,25H,16H2,1-4H3. The molecule has 4 nitrogen and oxygen atoms in total. The second kappa shape index (κ2) is 7.79. The van der Waals surface area contributed by atoms with Gasteiger partial charge in [0.05, 0.1) is 0 Å². The molecule has 4 heteroatoms. The summed E-state index contributed by atoms with van der Waals surface area (Å²) < 4.78 is 0. The summed E-state index contributed by atoms with van der Waals surface area (Å²) in [7, 11) is 0. The molecular weight excluding hydrogens is 372 g/mol. The van der Waals surface area contributed by atoms with Crippen LogP contribution in [0.1, 0.15) is 33.9 Å². The maximum atomic E-state index is 13.8. The zero-order chi connectivity index (χ0) is 21.4. The Morgan fingerprint density at radius 2 is 1.37 bits per heavy atom. The Balaban J connectivity index is 1.84. The van der Waals surface area contributed by atoms with Gasteiger partial charge in [0.2, 0.25) is 5.91 Å². The van der Waals surface area contributed by atoms with Crippen LogP contribution in [0, 0.1) is 27.7 Å². The van der Waals surface area contributed by atoms with E-state index in [0.29, 0.717) is 0 Å². The average molecular weight is 399 g/mol. The van der Waals surface area contributed by atoms with Gasteiger partial charge in [0.1, 0.15) is 12.6 Å². The van der Waals surface area contributed by atoms with Crippen LogP contribution in [0.5, 0.6) is 0 Å². The topological polar surface area (TPSA) is 40.6 Å². The zero-order valence-corrected chi connectivity index (χ0v) is 17.8. The molecule has 0 aromatic heterocycles. The van der Waals surface area contributed by atoms with Crippen LogP contribution in [-0.4, -0.2) is 18.4 Å². The Morgan fingerprint density at radius 1 is 0.767 bits per heavy atom. The van der Waals surface area contributed by atoms with Gasteiger partial charge in [-0.3, -0.25) is 14.5 Å². The molecule has 0 aliphatic carbocycles. The van der Waals surface area contributed by atoms with Crippen LogP contribution in [-0.2, 0) is 9.59 Å². The molecule has 0 bridgehead atoms. The Hall–Kier alpha value is -3.40. The number of aryl methyl sites for hydroxylation is 3. The summed E-state index contributed by atoms with van der Waals surface area (Å²) >= 11 is 0. The number of hydrogen-bond acceptors (Lipinski definition) is 2. The van der Waals surface area contributed by atoms with E-state index < -0.39 is 6.04 Å². The van der Waals surface area contributed by atoms with Gasteiger partial charge in [-0.15, -0.1) is 0 Å². The number of piperazine rings is 1. The first-order valence-corrected chi connectivity index (χ1v) is 10.2. The molecule has 3 aromatic rings. The fraction of sp³-hybridized carbons (Fsp3) is 0.231. The number of rotatable bonds is 3. The van der Waals surface area contributed by atoms with Crippen LogP contribution in [0.15, 0.2) is 66.7 Å². The molecule has 0 N–H and O–H groups in total. The number of benzene rings is 3. The highest BCUT2D eigenvalue weighted by Crippen LogP contribution is 2.36. The lowest BCUT2D eigenvalue weighted by molar-refractivity contribution is -0.128. The van der Waals surface area contributed by atoms with Gasteiger partial charge in [-0.1, -0.05) is 59.7 Å². The van der Waals surface area contributed by atoms with Gasteiger partial charge in [0, 0.05) is 11.4 Å². The second-order valence-electron chi connectivity index (χ2n) is 8.06. The van der Waals surface area contributed by atoms with Crippen molar-refractivity contribution < 1.29 is 9.59 Å². The van der Waals surface area contributed by atoms with Gasteiger partial charge in [-0.25, -0.2) is 0 Å². The Bertz CT molecular complexity index is 1100. The minimum atomic E-state index is -0.700. The summed E-state index contributed by atoms with van der Waals surface area (Å²) in [5.41, 5.74) is 6.69. The number of carbonyl (C=O) groups excluding carboxylic acids is 2. The Labute approximate surface area is 177 Å². The molecule has 152 valence electrons. The van der Waals surface area contributed by atoms with Crippen LogP contribution >= 0.6 is 0 Å². The third-order valence-electron chi connectivity index (χ3n) is 5.89. The number of amides is 2. The third-order valence-corrected chi connectivity index (χ3v) is 5.89. The number of hydrogen-bond donors (Lipinski definition) is 0. The molecule has 1 aliphatic rings. The molecule has 0 saturated carbocycles. The highest BCUT2D eigenvalue weighted by molar-refractivity contribution is 6.14. The van der Waals surface area contributed by atoms with Crippen LogP contribution in [0.4, 0.5) is 11.4 Å². The molecule has 3 aromatic carbocycles. The van der Waals surface area contributed by atoms with Gasteiger partial charge in [-0.2, -0.15) is 0 Å². The van der Waals surface area contributed by atoms with E-state index in [2.05, 4.69) is 0 Å². The van der Waals surface area contributed by atoms with E-state index in [1.165, 1.54) is 0 Å². The molecule has 1 aliphatic heterocycles. The Morgan fingerprint density at radius 3 is 2.00 bits per heavy atom. The summed E-state index contributed by atoms with van der Waals surface area (Å²) in [4.78, 5) is 30.5. The van der Waals surface area contributed by atoms with E-state index in [0.717, 1.165) is 39.2 Å². The van der Waals surface area contributed by atoms with Gasteiger partial charge >= 0.3 is 0 Å². The van der Waals surface area contributed by atoms with Crippen molar-refractivity contribution in [2.75, 3.05) is 16.3 Å². The molecule has 0 radical (unpaired) electrons. The molecular formula is C26H26N2O2. The summed E-state index contributed by atoms with van der Waals surface area (Å²) in [6.45, 7) is 8.06. The van der Waals surface area contributed by atoms with Crippen molar-refractivity contribution in [2.24, 2.45) is 0 Å². The average Bonchev–Trinajstić information content (AvgIpc) is 2.73. The van der Waals surface area contributed by atoms with Gasteiger partial charge in [0.15, 0.2) is 0 Å². The van der Waals surface area contributed by atoms with Gasteiger partial charge in [-0.05, 0) is 62.6 Å². The maximum absolute atomic E-state index is 13.8. The summed E-state index contributed by atoms with van der Waals surface area (Å²) in [6.07, 6.45) is 0. The number of anilines is 2. The largest absolute Gasteiger partial charge is 0.301 e. The summed E-state index contributed by atoms with van der Waals surface area (Å²) in [5.74, 6) is -0.183. The lowest BCUT2D eigenvalue weighted by Crippen LogP contribution is -2.56. The van der Waals surface area contributed by atoms with Gasteiger partial charge < -0.3 is 4.90 Å². The fourth-order valence-corrected chi connectivity index (χ4v) is 3.96. The molecule has 1 atom stereocenters. The van der Waals surface area contributed by atoms with Crippen LogP contribution in [0.2, 0.25) is 0 Å². The van der Waals surface area contributed by atoms with E-state index in [1.807, 2.05) is 94.4 Å². The fourth-order valence-electron chi connectivity index (χ4n) is 3.96. The van der Waals surface area contributed by atoms with E-state index >= 15 is 0 Å².